The molecule has 1 heterocycles. The zero-order chi connectivity index (χ0) is 15.4. The van der Waals surface area contributed by atoms with Crippen molar-refractivity contribution in [2.75, 3.05) is 20.7 Å². The highest BCUT2D eigenvalue weighted by atomic mass is 16.5. The predicted molar refractivity (Wildman–Crippen MR) is 89.5 cm³/mol. The van der Waals surface area contributed by atoms with Crippen LogP contribution in [0.15, 0.2) is 48.5 Å². The molecule has 4 nitrogen and oxygen atoms in total. The van der Waals surface area contributed by atoms with Crippen molar-refractivity contribution in [3.8, 4) is 5.75 Å². The van der Waals surface area contributed by atoms with Gasteiger partial charge in [-0.05, 0) is 24.7 Å². The Bertz CT molecular complexity index is 750. The third-order valence-electron chi connectivity index (χ3n) is 3.82. The van der Waals surface area contributed by atoms with E-state index in [4.69, 9.17) is 9.72 Å². The van der Waals surface area contributed by atoms with Crippen molar-refractivity contribution in [2.24, 2.45) is 0 Å². The number of methoxy groups -OCH3 is 1. The molecular formula is C18H21N3O. The number of fused-ring (bicyclic) bond motifs is 1. The van der Waals surface area contributed by atoms with Gasteiger partial charge < -0.3 is 14.6 Å². The average molecular weight is 295 g/mol. The van der Waals surface area contributed by atoms with Crippen molar-refractivity contribution in [3.63, 3.8) is 0 Å². The first-order chi connectivity index (χ1) is 10.8. The molecule has 0 aliphatic carbocycles. The third-order valence-corrected chi connectivity index (χ3v) is 3.82. The summed E-state index contributed by atoms with van der Waals surface area (Å²) in [5.41, 5.74) is 3.42. The summed E-state index contributed by atoms with van der Waals surface area (Å²) < 4.78 is 7.60. The van der Waals surface area contributed by atoms with E-state index in [2.05, 4.69) is 40.2 Å². The first-order valence-electron chi connectivity index (χ1n) is 7.53. The molecule has 0 bridgehead atoms. The van der Waals surface area contributed by atoms with Gasteiger partial charge in [-0.25, -0.2) is 4.98 Å². The lowest BCUT2D eigenvalue weighted by atomic mass is 10.2. The zero-order valence-corrected chi connectivity index (χ0v) is 13.0. The number of hydrogen-bond acceptors (Lipinski definition) is 3. The molecule has 4 heteroatoms. The second-order valence-electron chi connectivity index (χ2n) is 5.31. The van der Waals surface area contributed by atoms with E-state index in [9.17, 15) is 0 Å². The molecule has 2 aromatic carbocycles. The number of hydrogen-bond donors (Lipinski definition) is 1. The lowest BCUT2D eigenvalue weighted by Gasteiger charge is -2.09. The van der Waals surface area contributed by atoms with Crippen LogP contribution in [0.4, 0.5) is 0 Å². The van der Waals surface area contributed by atoms with Crippen molar-refractivity contribution in [2.45, 2.75) is 13.0 Å². The van der Waals surface area contributed by atoms with Gasteiger partial charge in [-0.2, -0.15) is 0 Å². The highest BCUT2D eigenvalue weighted by Crippen LogP contribution is 2.23. The van der Waals surface area contributed by atoms with Crippen LogP contribution in [0.1, 0.15) is 11.4 Å². The van der Waals surface area contributed by atoms with E-state index in [1.807, 2.05) is 25.2 Å². The maximum absolute atomic E-state index is 5.31. The van der Waals surface area contributed by atoms with E-state index in [1.165, 1.54) is 5.56 Å². The summed E-state index contributed by atoms with van der Waals surface area (Å²) in [5, 5.41) is 3.20. The van der Waals surface area contributed by atoms with Gasteiger partial charge in [-0.3, -0.25) is 0 Å². The molecule has 0 spiro atoms. The van der Waals surface area contributed by atoms with Crippen LogP contribution >= 0.6 is 0 Å². The Morgan fingerprint density at radius 2 is 1.95 bits per heavy atom. The molecule has 114 valence electrons. The van der Waals surface area contributed by atoms with E-state index in [0.717, 1.165) is 42.1 Å². The van der Waals surface area contributed by atoms with Crippen LogP contribution in [0.2, 0.25) is 0 Å². The third kappa shape index (κ3) is 2.97. The number of rotatable bonds is 6. The largest absolute Gasteiger partial charge is 0.497 e. The van der Waals surface area contributed by atoms with Gasteiger partial charge in [0.2, 0.25) is 0 Å². The lowest BCUT2D eigenvalue weighted by Crippen LogP contribution is -2.14. The molecule has 1 aromatic heterocycles. The zero-order valence-electron chi connectivity index (χ0n) is 13.0. The Labute approximate surface area is 130 Å². The summed E-state index contributed by atoms with van der Waals surface area (Å²) in [7, 11) is 3.65. The maximum atomic E-state index is 5.31. The smallest absolute Gasteiger partial charge is 0.121 e. The molecule has 0 amide bonds. The van der Waals surface area contributed by atoms with Crippen molar-refractivity contribution in [1.29, 1.82) is 0 Å². The van der Waals surface area contributed by atoms with Crippen LogP contribution in [-0.2, 0) is 13.0 Å². The van der Waals surface area contributed by atoms with Crippen LogP contribution in [0, 0.1) is 0 Å². The summed E-state index contributed by atoms with van der Waals surface area (Å²) >= 11 is 0. The van der Waals surface area contributed by atoms with Gasteiger partial charge in [-0.1, -0.05) is 30.3 Å². The molecule has 0 unspecified atom stereocenters. The molecule has 22 heavy (non-hydrogen) atoms. The summed E-state index contributed by atoms with van der Waals surface area (Å²) in [6.07, 6.45) is 0.903. The standard InChI is InChI=1S/C18H21N3O/c1-19-11-10-18-20-16-12-15(22-2)8-9-17(16)21(18)13-14-6-4-3-5-7-14/h3-9,12,19H,10-11,13H2,1-2H3. The highest BCUT2D eigenvalue weighted by Gasteiger charge is 2.11. The SMILES string of the molecule is CNCCc1nc2cc(OC)ccc2n1Cc1ccccc1. The van der Waals surface area contributed by atoms with Gasteiger partial charge in [0.25, 0.3) is 0 Å². The molecule has 3 rings (SSSR count). The minimum atomic E-state index is 0.836. The Morgan fingerprint density at radius 1 is 1.14 bits per heavy atom. The van der Waals surface area contributed by atoms with Crippen LogP contribution in [0.3, 0.4) is 0 Å². The molecule has 0 fully saturated rings. The normalized spacial score (nSPS) is 11.0. The second-order valence-corrected chi connectivity index (χ2v) is 5.31. The molecular weight excluding hydrogens is 274 g/mol. The first-order valence-corrected chi connectivity index (χ1v) is 7.53. The molecule has 0 radical (unpaired) electrons. The summed E-state index contributed by atoms with van der Waals surface area (Å²) in [6.45, 7) is 1.75. The minimum absolute atomic E-state index is 0.836. The number of nitrogens with one attached hydrogen (secondary N) is 1. The van der Waals surface area contributed by atoms with Crippen LogP contribution < -0.4 is 10.1 Å². The first kappa shape index (κ1) is 14.6. The topological polar surface area (TPSA) is 39.1 Å². The fourth-order valence-electron chi connectivity index (χ4n) is 2.66. The van der Waals surface area contributed by atoms with E-state index >= 15 is 0 Å². The van der Waals surface area contributed by atoms with Gasteiger partial charge in [-0.15, -0.1) is 0 Å². The number of imidazole rings is 1. The molecule has 0 atom stereocenters. The Morgan fingerprint density at radius 3 is 2.68 bits per heavy atom. The van der Waals surface area contributed by atoms with Crippen LogP contribution in [-0.4, -0.2) is 30.3 Å². The van der Waals surface area contributed by atoms with Crippen molar-refractivity contribution >= 4 is 11.0 Å². The fourth-order valence-corrected chi connectivity index (χ4v) is 2.66. The minimum Gasteiger partial charge on any atom is -0.497 e. The fraction of sp³-hybridized carbons (Fsp3) is 0.278. The molecule has 0 saturated carbocycles. The van der Waals surface area contributed by atoms with Gasteiger partial charge in [0, 0.05) is 25.6 Å². The lowest BCUT2D eigenvalue weighted by molar-refractivity contribution is 0.415. The average Bonchev–Trinajstić information content (AvgIpc) is 2.90. The van der Waals surface area contributed by atoms with Crippen molar-refractivity contribution < 1.29 is 4.74 Å². The number of benzene rings is 2. The second kappa shape index (κ2) is 6.62. The monoisotopic (exact) mass is 295 g/mol. The number of nitrogens with zero attached hydrogens (tertiary/aromatic N) is 2. The maximum Gasteiger partial charge on any atom is 0.121 e. The Kier molecular flexibility index (Phi) is 4.39. The summed E-state index contributed by atoms with van der Waals surface area (Å²) in [5.74, 6) is 1.94. The van der Waals surface area contributed by atoms with E-state index in [1.54, 1.807) is 7.11 Å². The van der Waals surface area contributed by atoms with E-state index < -0.39 is 0 Å². The highest BCUT2D eigenvalue weighted by molar-refractivity contribution is 5.78. The summed E-state index contributed by atoms with van der Waals surface area (Å²) in [6, 6.07) is 16.6. The van der Waals surface area contributed by atoms with Gasteiger partial charge in [0.1, 0.15) is 11.6 Å². The van der Waals surface area contributed by atoms with Gasteiger partial charge in [0.05, 0.1) is 18.1 Å². The number of ether oxygens (including phenoxy) is 1. The predicted octanol–water partition coefficient (Wildman–Crippen LogP) is 2.86. The van der Waals surface area contributed by atoms with E-state index in [-0.39, 0.29) is 0 Å². The van der Waals surface area contributed by atoms with E-state index in [0.29, 0.717) is 0 Å². The number of likely N-dealkylation sites (N-methyl/N-ethyl adjacent to an activating group) is 1. The molecule has 1 N–H and O–H groups in total. The van der Waals surface area contributed by atoms with Crippen molar-refractivity contribution in [3.05, 3.63) is 59.9 Å². The van der Waals surface area contributed by atoms with Gasteiger partial charge in [0.15, 0.2) is 0 Å². The Balaban J connectivity index is 2.03. The van der Waals surface area contributed by atoms with Crippen molar-refractivity contribution in [1.82, 2.24) is 14.9 Å². The summed E-state index contributed by atoms with van der Waals surface area (Å²) in [4.78, 5) is 4.80. The quantitative estimate of drug-likeness (QED) is 0.760. The van der Waals surface area contributed by atoms with Crippen LogP contribution in [0.25, 0.3) is 11.0 Å². The molecule has 3 aromatic rings. The van der Waals surface area contributed by atoms with Crippen LogP contribution in [0.5, 0.6) is 5.75 Å². The number of aromatic nitrogens is 2. The van der Waals surface area contributed by atoms with Gasteiger partial charge >= 0.3 is 0 Å². The molecule has 0 aliphatic heterocycles. The Hall–Kier alpha value is -2.33. The molecule has 0 saturated heterocycles. The molecule has 0 aliphatic rings.